The number of hydrogen-bond donors (Lipinski definition) is 1. The number of para-hydroxylation sites is 1. The zero-order valence-corrected chi connectivity index (χ0v) is 8.11. The highest BCUT2D eigenvalue weighted by atomic mass is 32.2. The second kappa shape index (κ2) is 3.26. The molecule has 14 heavy (non-hydrogen) atoms. The number of rotatable bonds is 2. The van der Waals surface area contributed by atoms with Crippen LogP contribution < -0.4 is 5.73 Å². The first-order valence-corrected chi connectivity index (χ1v) is 5.46. The van der Waals surface area contributed by atoms with Gasteiger partial charge in [-0.3, -0.25) is 10.1 Å². The molecule has 0 amide bonds. The SMILES string of the molecule is CS(=O)(=O)c1cccc(N)c1[N+](=O)[O-]. The van der Waals surface area contributed by atoms with Crippen molar-refractivity contribution in [3.63, 3.8) is 0 Å². The van der Waals surface area contributed by atoms with Crippen molar-refractivity contribution in [3.8, 4) is 0 Å². The van der Waals surface area contributed by atoms with Crippen LogP contribution in [0.3, 0.4) is 0 Å². The third-order valence-corrected chi connectivity index (χ3v) is 2.74. The molecule has 0 aromatic heterocycles. The lowest BCUT2D eigenvalue weighted by molar-refractivity contribution is -0.386. The molecule has 0 aliphatic carbocycles. The summed E-state index contributed by atoms with van der Waals surface area (Å²) in [5.74, 6) is 0. The van der Waals surface area contributed by atoms with Crippen LogP contribution in [0.1, 0.15) is 0 Å². The van der Waals surface area contributed by atoms with Gasteiger partial charge in [-0.1, -0.05) is 6.07 Å². The van der Waals surface area contributed by atoms with Crippen LogP contribution in [-0.4, -0.2) is 19.6 Å². The molecule has 0 heterocycles. The Morgan fingerprint density at radius 1 is 1.43 bits per heavy atom. The van der Waals surface area contributed by atoms with Crippen molar-refractivity contribution < 1.29 is 13.3 Å². The largest absolute Gasteiger partial charge is 0.393 e. The average Bonchev–Trinajstić information content (AvgIpc) is 2.01. The normalized spacial score (nSPS) is 11.2. The number of nitro groups is 1. The number of anilines is 1. The molecule has 6 nitrogen and oxygen atoms in total. The molecule has 0 fully saturated rings. The van der Waals surface area contributed by atoms with Crippen LogP contribution in [0.4, 0.5) is 11.4 Å². The fourth-order valence-corrected chi connectivity index (χ4v) is 1.90. The van der Waals surface area contributed by atoms with E-state index < -0.39 is 20.4 Å². The number of nitrogens with zero attached hydrogens (tertiary/aromatic N) is 1. The topological polar surface area (TPSA) is 103 Å². The van der Waals surface area contributed by atoms with E-state index in [0.717, 1.165) is 12.3 Å². The van der Waals surface area contributed by atoms with Crippen molar-refractivity contribution in [1.29, 1.82) is 0 Å². The third kappa shape index (κ3) is 1.82. The summed E-state index contributed by atoms with van der Waals surface area (Å²) in [5, 5.41) is 10.6. The van der Waals surface area contributed by atoms with E-state index in [1.54, 1.807) is 0 Å². The maximum atomic E-state index is 11.2. The van der Waals surface area contributed by atoms with E-state index in [2.05, 4.69) is 0 Å². The molecule has 0 bridgehead atoms. The highest BCUT2D eigenvalue weighted by molar-refractivity contribution is 7.90. The zero-order chi connectivity index (χ0) is 10.9. The lowest BCUT2D eigenvalue weighted by Crippen LogP contribution is -2.05. The molecule has 0 atom stereocenters. The Kier molecular flexibility index (Phi) is 2.43. The van der Waals surface area contributed by atoms with Crippen molar-refractivity contribution in [2.45, 2.75) is 4.90 Å². The number of nitrogen functional groups attached to an aromatic ring is 1. The minimum Gasteiger partial charge on any atom is -0.393 e. The van der Waals surface area contributed by atoms with Crippen LogP contribution in [0.15, 0.2) is 23.1 Å². The molecule has 1 rings (SSSR count). The molecule has 1 aromatic carbocycles. The van der Waals surface area contributed by atoms with E-state index in [-0.39, 0.29) is 10.6 Å². The quantitative estimate of drug-likeness (QED) is 0.442. The molecule has 0 saturated heterocycles. The first-order chi connectivity index (χ1) is 6.34. The summed E-state index contributed by atoms with van der Waals surface area (Å²) in [6.07, 6.45) is 0.898. The summed E-state index contributed by atoms with van der Waals surface area (Å²) in [7, 11) is -3.62. The first kappa shape index (κ1) is 10.5. The Labute approximate surface area is 80.4 Å². The third-order valence-electron chi connectivity index (χ3n) is 1.61. The minimum atomic E-state index is -3.62. The van der Waals surface area contributed by atoms with Gasteiger partial charge in [-0.15, -0.1) is 0 Å². The van der Waals surface area contributed by atoms with Crippen LogP contribution in [0.25, 0.3) is 0 Å². The predicted molar refractivity (Wildman–Crippen MR) is 50.6 cm³/mol. The van der Waals surface area contributed by atoms with Crippen molar-refractivity contribution in [2.75, 3.05) is 12.0 Å². The Hall–Kier alpha value is -1.63. The van der Waals surface area contributed by atoms with E-state index in [1.807, 2.05) is 0 Å². The van der Waals surface area contributed by atoms with Crippen molar-refractivity contribution in [3.05, 3.63) is 28.3 Å². The number of nitrogens with two attached hydrogens (primary N) is 1. The van der Waals surface area contributed by atoms with Gasteiger partial charge in [0, 0.05) is 6.26 Å². The van der Waals surface area contributed by atoms with Crippen LogP contribution in [0.2, 0.25) is 0 Å². The fraction of sp³-hybridized carbons (Fsp3) is 0.143. The zero-order valence-electron chi connectivity index (χ0n) is 7.30. The van der Waals surface area contributed by atoms with Gasteiger partial charge in [0.05, 0.1) is 4.92 Å². The summed E-state index contributed by atoms with van der Waals surface area (Å²) in [6.45, 7) is 0. The van der Waals surface area contributed by atoms with E-state index in [9.17, 15) is 18.5 Å². The molecule has 76 valence electrons. The summed E-state index contributed by atoms with van der Waals surface area (Å²) < 4.78 is 22.3. The predicted octanol–water partition coefficient (Wildman–Crippen LogP) is 0.581. The maximum Gasteiger partial charge on any atom is 0.310 e. The van der Waals surface area contributed by atoms with Gasteiger partial charge in [-0.2, -0.15) is 0 Å². The molecule has 0 unspecified atom stereocenters. The van der Waals surface area contributed by atoms with Gasteiger partial charge in [0.25, 0.3) is 0 Å². The molecular weight excluding hydrogens is 208 g/mol. The lowest BCUT2D eigenvalue weighted by atomic mass is 10.3. The molecule has 0 aliphatic rings. The molecule has 1 aromatic rings. The van der Waals surface area contributed by atoms with Crippen molar-refractivity contribution in [1.82, 2.24) is 0 Å². The van der Waals surface area contributed by atoms with Gasteiger partial charge >= 0.3 is 5.69 Å². The van der Waals surface area contributed by atoms with Crippen LogP contribution in [0.5, 0.6) is 0 Å². The van der Waals surface area contributed by atoms with E-state index in [0.29, 0.717) is 0 Å². The second-order valence-corrected chi connectivity index (χ2v) is 4.71. The molecule has 2 N–H and O–H groups in total. The number of hydrogen-bond acceptors (Lipinski definition) is 5. The van der Waals surface area contributed by atoms with Gasteiger partial charge in [-0.25, -0.2) is 8.42 Å². The monoisotopic (exact) mass is 216 g/mol. The number of nitro benzene ring substituents is 1. The highest BCUT2D eigenvalue weighted by Crippen LogP contribution is 2.29. The number of benzene rings is 1. The van der Waals surface area contributed by atoms with Gasteiger partial charge < -0.3 is 5.73 Å². The van der Waals surface area contributed by atoms with E-state index >= 15 is 0 Å². The van der Waals surface area contributed by atoms with Gasteiger partial charge in [0.2, 0.25) is 0 Å². The Balaban J connectivity index is 3.61. The van der Waals surface area contributed by atoms with Gasteiger partial charge in [0.1, 0.15) is 10.6 Å². The Morgan fingerprint density at radius 3 is 2.36 bits per heavy atom. The van der Waals surface area contributed by atoms with Crippen LogP contribution in [-0.2, 0) is 9.84 Å². The van der Waals surface area contributed by atoms with Gasteiger partial charge in [0.15, 0.2) is 9.84 Å². The summed E-state index contributed by atoms with van der Waals surface area (Å²) in [5.41, 5.74) is 4.60. The van der Waals surface area contributed by atoms with Crippen molar-refractivity contribution in [2.24, 2.45) is 0 Å². The van der Waals surface area contributed by atoms with E-state index in [1.165, 1.54) is 12.1 Å². The molecule has 0 saturated carbocycles. The summed E-state index contributed by atoms with van der Waals surface area (Å²) in [4.78, 5) is 9.39. The van der Waals surface area contributed by atoms with E-state index in [4.69, 9.17) is 5.73 Å². The maximum absolute atomic E-state index is 11.2. The molecule has 0 radical (unpaired) electrons. The van der Waals surface area contributed by atoms with Crippen LogP contribution in [0, 0.1) is 10.1 Å². The van der Waals surface area contributed by atoms with Crippen LogP contribution >= 0.6 is 0 Å². The standard InChI is InChI=1S/C7H8N2O4S/c1-14(12,13)6-4-2-3-5(8)7(6)9(10)11/h2-4H,8H2,1H3. The summed E-state index contributed by atoms with van der Waals surface area (Å²) in [6, 6.07) is 3.80. The lowest BCUT2D eigenvalue weighted by Gasteiger charge is -2.02. The molecular formula is C7H8N2O4S. The highest BCUT2D eigenvalue weighted by Gasteiger charge is 2.24. The molecule has 7 heteroatoms. The first-order valence-electron chi connectivity index (χ1n) is 3.57. The average molecular weight is 216 g/mol. The second-order valence-electron chi connectivity index (χ2n) is 2.72. The molecule has 0 spiro atoms. The minimum absolute atomic E-state index is 0.155. The Morgan fingerprint density at radius 2 is 2.00 bits per heavy atom. The Bertz CT molecular complexity index is 480. The summed E-state index contributed by atoms with van der Waals surface area (Å²) >= 11 is 0. The number of sulfone groups is 1. The fourth-order valence-electron chi connectivity index (χ4n) is 1.03. The smallest absolute Gasteiger partial charge is 0.310 e. The van der Waals surface area contributed by atoms with Crippen molar-refractivity contribution >= 4 is 21.2 Å². The molecule has 0 aliphatic heterocycles. The van der Waals surface area contributed by atoms with Gasteiger partial charge in [-0.05, 0) is 12.1 Å².